The second kappa shape index (κ2) is 9.60. The fourth-order valence-corrected chi connectivity index (χ4v) is 3.90. The number of nitrogens with one attached hydrogen (secondary N) is 1. The van der Waals surface area contributed by atoms with Crippen LogP contribution in [0.3, 0.4) is 0 Å². The smallest absolute Gasteiger partial charge is 0.405 e. The van der Waals surface area contributed by atoms with Gasteiger partial charge in [-0.1, -0.05) is 22.8 Å². The summed E-state index contributed by atoms with van der Waals surface area (Å²) in [6.07, 6.45) is -16.1. The molecule has 1 N–H and O–H groups in total. The number of aryl methyl sites for hydroxylation is 1. The van der Waals surface area contributed by atoms with Crippen molar-refractivity contribution in [3.05, 3.63) is 39.9 Å². The monoisotopic (exact) mass is 619 g/mol. The number of rotatable bonds is 7. The number of halogens is 11. The summed E-state index contributed by atoms with van der Waals surface area (Å²) in [7, 11) is 0.752. The van der Waals surface area contributed by atoms with Crippen LogP contribution in [0.1, 0.15) is 40.2 Å². The summed E-state index contributed by atoms with van der Waals surface area (Å²) in [5.41, 5.74) is -3.08. The third kappa shape index (κ3) is 5.42. The number of nitriles is 1. The van der Waals surface area contributed by atoms with Crippen molar-refractivity contribution in [1.82, 2.24) is 15.1 Å². The van der Waals surface area contributed by atoms with Crippen molar-refractivity contribution in [1.29, 1.82) is 5.26 Å². The highest BCUT2D eigenvalue weighted by Gasteiger charge is 2.76. The predicted octanol–water partition coefficient (Wildman–Crippen LogP) is 5.55. The maximum atomic E-state index is 13.9. The lowest BCUT2D eigenvalue weighted by Crippen LogP contribution is -2.55. The Bertz CT molecular complexity index is 1500. The molecule has 2 aliphatic rings. The van der Waals surface area contributed by atoms with Crippen LogP contribution in [0.2, 0.25) is 5.02 Å². The Kier molecular flexibility index (Phi) is 7.05. The van der Waals surface area contributed by atoms with Gasteiger partial charge in [0, 0.05) is 0 Å². The van der Waals surface area contributed by atoms with Gasteiger partial charge in [-0.05, 0) is 35.6 Å². The molecule has 220 valence electrons. The number of nitrogens with zero attached hydrogens (tertiary/aromatic N) is 5. The first-order valence-electron chi connectivity index (χ1n) is 11.1. The van der Waals surface area contributed by atoms with Crippen molar-refractivity contribution in [3.63, 3.8) is 0 Å². The van der Waals surface area contributed by atoms with E-state index in [0.29, 0.717) is 17.5 Å². The molecule has 1 amide bonds. The van der Waals surface area contributed by atoms with Crippen molar-refractivity contribution in [2.75, 3.05) is 0 Å². The number of ether oxygens (including phenoxy) is 1. The molecule has 1 aromatic heterocycles. The minimum absolute atomic E-state index is 0.0175. The molecule has 1 unspecified atom stereocenters. The summed E-state index contributed by atoms with van der Waals surface area (Å²) in [6, 6.07) is 5.90. The molecule has 0 bridgehead atoms. The molecular formula is C22H14ClF10N6O2+. The zero-order valence-corrected chi connectivity index (χ0v) is 20.8. The number of carbonyl (C=O) groups is 1. The fraction of sp³-hybridized carbons (Fsp3) is 0.409. The molecule has 1 atom stereocenters. The minimum Gasteiger partial charge on any atom is -0.405 e. The number of hydrogen-bond acceptors (Lipinski definition) is 5. The van der Waals surface area contributed by atoms with E-state index in [1.54, 1.807) is 0 Å². The maximum absolute atomic E-state index is 13.9. The Morgan fingerprint density at radius 1 is 1.17 bits per heavy atom. The van der Waals surface area contributed by atoms with Gasteiger partial charge in [0.1, 0.15) is 18.8 Å². The fourth-order valence-electron chi connectivity index (χ4n) is 3.69. The van der Waals surface area contributed by atoms with Crippen LogP contribution in [0.5, 0.6) is 5.88 Å². The van der Waals surface area contributed by atoms with Crippen molar-refractivity contribution >= 4 is 35.8 Å². The lowest BCUT2D eigenvalue weighted by Gasteiger charge is -2.27. The second-order valence-corrected chi connectivity index (χ2v) is 9.39. The van der Waals surface area contributed by atoms with Crippen molar-refractivity contribution in [3.8, 4) is 11.9 Å². The molecule has 0 spiro atoms. The van der Waals surface area contributed by atoms with E-state index in [-0.39, 0.29) is 20.8 Å². The Hall–Kier alpha value is -3.88. The van der Waals surface area contributed by atoms with Gasteiger partial charge in [0.25, 0.3) is 11.8 Å². The summed E-state index contributed by atoms with van der Waals surface area (Å²) < 4.78 is 137. The molecule has 4 rings (SSSR count). The van der Waals surface area contributed by atoms with Gasteiger partial charge in [-0.25, -0.2) is 0 Å². The highest BCUT2D eigenvalue weighted by molar-refractivity contribution is 6.34. The van der Waals surface area contributed by atoms with Gasteiger partial charge in [-0.3, -0.25) is 4.79 Å². The number of hydrazone groups is 1. The number of aromatic nitrogens is 2. The molecule has 1 fully saturated rings. The van der Waals surface area contributed by atoms with Gasteiger partial charge in [-0.2, -0.15) is 49.2 Å². The molecular weight excluding hydrogens is 606 g/mol. The van der Waals surface area contributed by atoms with Crippen molar-refractivity contribution in [2.24, 2.45) is 12.1 Å². The van der Waals surface area contributed by atoms with Gasteiger partial charge in [0.2, 0.25) is 5.56 Å². The second-order valence-electron chi connectivity index (χ2n) is 8.99. The third-order valence-corrected chi connectivity index (χ3v) is 6.35. The Balaban J connectivity index is 1.70. The number of hydrogen-bond donors (Lipinski definition) is 1. The molecule has 0 radical (unpaired) electrons. The van der Waals surface area contributed by atoms with Crippen LogP contribution in [0.25, 0.3) is 0 Å². The van der Waals surface area contributed by atoms with Crippen LogP contribution in [0.4, 0.5) is 49.7 Å². The molecule has 41 heavy (non-hydrogen) atoms. The molecule has 0 saturated heterocycles. The van der Waals surface area contributed by atoms with E-state index < -0.39 is 59.0 Å². The SMILES string of the molecule is Cn1nc(OC(F)(F)C(F)(F)C(F)(F)F)c(C(F)(F)F)c1[N+]1=CC(c2ccc(Cl)c(C(=O)NC3(C#N)CC3)c2)C=N1. The van der Waals surface area contributed by atoms with Crippen LogP contribution in [-0.4, -0.2) is 56.5 Å². The molecule has 2 heterocycles. The van der Waals surface area contributed by atoms with Gasteiger partial charge < -0.3 is 10.1 Å². The summed E-state index contributed by atoms with van der Waals surface area (Å²) in [5, 5.41) is 18.4. The molecule has 1 aromatic carbocycles. The Morgan fingerprint density at radius 3 is 2.34 bits per heavy atom. The lowest BCUT2D eigenvalue weighted by molar-refractivity contribution is -0.446. The van der Waals surface area contributed by atoms with Crippen molar-refractivity contribution in [2.45, 2.75) is 48.7 Å². The maximum Gasteiger partial charge on any atom is 0.475 e. The van der Waals surface area contributed by atoms with E-state index in [0.717, 1.165) is 19.5 Å². The largest absolute Gasteiger partial charge is 0.475 e. The molecule has 19 heteroatoms. The van der Waals surface area contributed by atoms with Crippen LogP contribution < -0.4 is 10.1 Å². The number of amides is 1. The summed E-state index contributed by atoms with van der Waals surface area (Å²) in [5.74, 6) is -12.0. The summed E-state index contributed by atoms with van der Waals surface area (Å²) in [4.78, 5) is 12.6. The first-order chi connectivity index (χ1) is 18.7. The highest BCUT2D eigenvalue weighted by Crippen LogP contribution is 2.50. The lowest BCUT2D eigenvalue weighted by atomic mass is 9.99. The predicted molar refractivity (Wildman–Crippen MR) is 119 cm³/mol. The van der Waals surface area contributed by atoms with Gasteiger partial charge in [0.15, 0.2) is 0 Å². The molecule has 2 aromatic rings. The average molecular weight is 620 g/mol. The number of benzene rings is 1. The van der Waals surface area contributed by atoms with Crippen molar-refractivity contribution < 1.29 is 58.1 Å². The standard InChI is InChI=1S/C22H13ClF10N6O2/c1-38-17(14(19(24,25)26)16(37-38)41-22(32,33)20(27,28)21(29,30)31)39-8-11(7-35-39)10-2-3-13(23)12(6-10)15(40)36-18(9-34)4-5-18/h2-3,6-8,11H,4-5H2,1H3/p+1. The highest BCUT2D eigenvalue weighted by atomic mass is 35.5. The van der Waals surface area contributed by atoms with Gasteiger partial charge in [-0.15, -0.1) is 9.37 Å². The number of alkyl halides is 10. The molecule has 8 nitrogen and oxygen atoms in total. The topological polar surface area (TPSA) is 95.3 Å². The molecule has 1 aliphatic heterocycles. The summed E-state index contributed by atoms with van der Waals surface area (Å²) in [6.45, 7) is 0. The Morgan fingerprint density at radius 2 is 1.80 bits per heavy atom. The zero-order valence-electron chi connectivity index (χ0n) is 20.1. The minimum atomic E-state index is -6.87. The van der Waals surface area contributed by atoms with E-state index in [4.69, 9.17) is 11.6 Å². The van der Waals surface area contributed by atoms with E-state index in [2.05, 4.69) is 20.3 Å². The number of carbonyl (C=O) groups excluding carboxylic acids is 1. The third-order valence-electron chi connectivity index (χ3n) is 6.02. The van der Waals surface area contributed by atoms with Gasteiger partial charge >= 0.3 is 30.2 Å². The summed E-state index contributed by atoms with van der Waals surface area (Å²) >= 11 is 6.09. The molecule has 1 saturated carbocycles. The van der Waals surface area contributed by atoms with Crippen LogP contribution >= 0.6 is 11.6 Å². The van der Waals surface area contributed by atoms with Crippen LogP contribution in [0.15, 0.2) is 23.3 Å². The van der Waals surface area contributed by atoms with Gasteiger partial charge in [0.05, 0.1) is 28.8 Å². The van der Waals surface area contributed by atoms with E-state index in [1.165, 1.54) is 18.2 Å². The van der Waals surface area contributed by atoms with E-state index in [9.17, 15) is 54.0 Å². The molecule has 1 aliphatic carbocycles. The van der Waals surface area contributed by atoms with Crippen LogP contribution in [0, 0.1) is 11.3 Å². The first-order valence-corrected chi connectivity index (χ1v) is 11.5. The van der Waals surface area contributed by atoms with E-state index >= 15 is 0 Å². The zero-order chi connectivity index (χ0) is 30.8. The quantitative estimate of drug-likeness (QED) is 0.325. The Labute approximate surface area is 227 Å². The average Bonchev–Trinajstić information content (AvgIpc) is 3.29. The van der Waals surface area contributed by atoms with Crippen LogP contribution in [-0.2, 0) is 13.2 Å². The first kappa shape index (κ1) is 30.1. The van der Waals surface area contributed by atoms with E-state index in [1.807, 2.05) is 6.07 Å². The normalized spacial score (nSPS) is 18.6.